The molecule has 0 saturated heterocycles. The minimum Gasteiger partial charge on any atom is -0.490 e. The molecule has 0 atom stereocenters. The van der Waals surface area contributed by atoms with Gasteiger partial charge in [0.05, 0.1) is 19.8 Å². The van der Waals surface area contributed by atoms with Gasteiger partial charge in [-0.05, 0) is 45.0 Å². The van der Waals surface area contributed by atoms with Gasteiger partial charge in [-0.1, -0.05) is 23.3 Å². The van der Waals surface area contributed by atoms with Crippen LogP contribution in [-0.4, -0.2) is 41.7 Å². The first kappa shape index (κ1) is 23.5. The second kappa shape index (κ2) is 12.0. The van der Waals surface area contributed by atoms with Crippen molar-refractivity contribution in [1.29, 1.82) is 0 Å². The molecule has 170 valence electrons. The molecule has 0 spiro atoms. The summed E-state index contributed by atoms with van der Waals surface area (Å²) in [6.45, 7) is 7.06. The summed E-state index contributed by atoms with van der Waals surface area (Å²) in [4.78, 5) is 13.4. The lowest BCUT2D eigenvalue weighted by Crippen LogP contribution is -2.12. The zero-order chi connectivity index (χ0) is 22.8. The van der Waals surface area contributed by atoms with Crippen molar-refractivity contribution in [1.82, 2.24) is 10.2 Å². The first-order chi connectivity index (χ1) is 15.6. The van der Waals surface area contributed by atoms with E-state index in [1.54, 1.807) is 23.9 Å². The van der Waals surface area contributed by atoms with Crippen LogP contribution in [0.3, 0.4) is 0 Å². The number of carbonyl (C=O) groups excluding carboxylic acids is 1. The number of ether oxygens (including phenoxy) is 3. The molecule has 3 aromatic rings. The molecule has 1 amide bonds. The first-order valence-corrected chi connectivity index (χ1v) is 11.5. The second-order valence-corrected chi connectivity index (χ2v) is 7.64. The van der Waals surface area contributed by atoms with Gasteiger partial charge in [0.2, 0.25) is 17.5 Å². The van der Waals surface area contributed by atoms with E-state index in [9.17, 15) is 4.79 Å². The SMILES string of the molecule is CCOc1cc(-c2nnc(NC(=O)CCSc3ccccc3)o2)cc(OCC)c1OCC. The molecule has 0 aliphatic carbocycles. The third-order valence-corrected chi connectivity index (χ3v) is 5.18. The predicted octanol–water partition coefficient (Wildman–Crippen LogP) is 5.05. The third-order valence-electron chi connectivity index (χ3n) is 4.17. The Morgan fingerprint density at radius 3 is 2.25 bits per heavy atom. The Morgan fingerprint density at radius 2 is 1.62 bits per heavy atom. The number of anilines is 1. The molecule has 0 bridgehead atoms. The topological polar surface area (TPSA) is 95.7 Å². The van der Waals surface area contributed by atoms with Crippen LogP contribution in [-0.2, 0) is 4.79 Å². The Hall–Kier alpha value is -3.20. The molecule has 9 heteroatoms. The number of thioether (sulfide) groups is 1. The number of hydrogen-bond donors (Lipinski definition) is 1. The zero-order valence-electron chi connectivity index (χ0n) is 18.4. The summed E-state index contributed by atoms with van der Waals surface area (Å²) in [5, 5.41) is 10.6. The monoisotopic (exact) mass is 457 g/mol. The van der Waals surface area contributed by atoms with Crippen LogP contribution >= 0.6 is 11.8 Å². The van der Waals surface area contributed by atoms with E-state index in [0.29, 0.717) is 54.8 Å². The maximum atomic E-state index is 12.2. The van der Waals surface area contributed by atoms with Crippen molar-refractivity contribution in [3.8, 4) is 28.7 Å². The van der Waals surface area contributed by atoms with Crippen LogP contribution in [0.5, 0.6) is 17.2 Å². The molecule has 0 fully saturated rings. The Kier molecular flexibility index (Phi) is 8.79. The van der Waals surface area contributed by atoms with E-state index in [1.807, 2.05) is 51.1 Å². The number of rotatable bonds is 12. The summed E-state index contributed by atoms with van der Waals surface area (Å²) in [5.74, 6) is 2.27. The maximum absolute atomic E-state index is 12.2. The van der Waals surface area contributed by atoms with Gasteiger partial charge >= 0.3 is 6.01 Å². The van der Waals surface area contributed by atoms with Crippen LogP contribution in [0, 0.1) is 0 Å². The molecule has 0 unspecified atom stereocenters. The molecular formula is C23H27N3O5S. The summed E-state index contributed by atoms with van der Waals surface area (Å²) < 4.78 is 22.8. The van der Waals surface area contributed by atoms with Crippen molar-refractivity contribution in [3.63, 3.8) is 0 Å². The Balaban J connectivity index is 1.68. The molecule has 2 aromatic carbocycles. The number of aromatic nitrogens is 2. The summed E-state index contributed by atoms with van der Waals surface area (Å²) in [5.41, 5.74) is 0.605. The first-order valence-electron chi connectivity index (χ1n) is 10.5. The fourth-order valence-electron chi connectivity index (χ4n) is 2.86. The molecule has 0 aliphatic rings. The van der Waals surface area contributed by atoms with Gasteiger partial charge in [0.15, 0.2) is 11.5 Å². The number of amides is 1. The maximum Gasteiger partial charge on any atom is 0.322 e. The molecule has 3 rings (SSSR count). The highest BCUT2D eigenvalue weighted by Crippen LogP contribution is 2.41. The third kappa shape index (κ3) is 6.40. The van der Waals surface area contributed by atoms with Crippen LogP contribution in [0.1, 0.15) is 27.2 Å². The molecule has 0 saturated carbocycles. The van der Waals surface area contributed by atoms with Gasteiger partial charge in [-0.3, -0.25) is 10.1 Å². The number of hydrogen-bond acceptors (Lipinski definition) is 8. The smallest absolute Gasteiger partial charge is 0.322 e. The van der Waals surface area contributed by atoms with Crippen molar-refractivity contribution in [2.24, 2.45) is 0 Å². The van der Waals surface area contributed by atoms with Crippen LogP contribution in [0.2, 0.25) is 0 Å². The van der Waals surface area contributed by atoms with Crippen LogP contribution in [0.15, 0.2) is 51.8 Å². The van der Waals surface area contributed by atoms with Gasteiger partial charge in [0, 0.05) is 22.6 Å². The van der Waals surface area contributed by atoms with E-state index in [-0.39, 0.29) is 17.8 Å². The molecule has 1 heterocycles. The van der Waals surface area contributed by atoms with Crippen LogP contribution in [0.4, 0.5) is 6.01 Å². The number of benzene rings is 2. The number of nitrogens with zero attached hydrogens (tertiary/aromatic N) is 2. The Bertz CT molecular complexity index is 983. The van der Waals surface area contributed by atoms with E-state index in [2.05, 4.69) is 15.5 Å². The molecule has 8 nitrogen and oxygen atoms in total. The summed E-state index contributed by atoms with van der Waals surface area (Å²) in [6, 6.07) is 13.5. The number of nitrogens with one attached hydrogen (secondary N) is 1. The molecule has 1 aromatic heterocycles. The Morgan fingerprint density at radius 1 is 0.969 bits per heavy atom. The standard InChI is InChI=1S/C23H27N3O5S/c1-4-28-18-14-16(15-19(29-5-2)21(18)30-6-3)22-25-26-23(31-22)24-20(27)12-13-32-17-10-8-7-9-11-17/h7-11,14-15H,4-6,12-13H2,1-3H3,(H,24,26,27). The van der Waals surface area contributed by atoms with E-state index in [0.717, 1.165) is 4.90 Å². The predicted molar refractivity (Wildman–Crippen MR) is 124 cm³/mol. The average molecular weight is 458 g/mol. The lowest BCUT2D eigenvalue weighted by atomic mass is 10.2. The lowest BCUT2D eigenvalue weighted by molar-refractivity contribution is -0.115. The highest BCUT2D eigenvalue weighted by Gasteiger charge is 2.19. The lowest BCUT2D eigenvalue weighted by Gasteiger charge is -2.16. The molecule has 1 N–H and O–H groups in total. The van der Waals surface area contributed by atoms with E-state index in [4.69, 9.17) is 18.6 Å². The highest BCUT2D eigenvalue weighted by molar-refractivity contribution is 7.99. The molecular weight excluding hydrogens is 430 g/mol. The largest absolute Gasteiger partial charge is 0.490 e. The minimum atomic E-state index is -0.194. The van der Waals surface area contributed by atoms with Gasteiger partial charge in [-0.25, -0.2) is 0 Å². The van der Waals surface area contributed by atoms with Crippen molar-refractivity contribution in [2.75, 3.05) is 30.9 Å². The van der Waals surface area contributed by atoms with Crippen molar-refractivity contribution >= 4 is 23.7 Å². The fourth-order valence-corrected chi connectivity index (χ4v) is 3.74. The van der Waals surface area contributed by atoms with Crippen molar-refractivity contribution in [2.45, 2.75) is 32.1 Å². The highest BCUT2D eigenvalue weighted by atomic mass is 32.2. The van der Waals surface area contributed by atoms with E-state index < -0.39 is 0 Å². The zero-order valence-corrected chi connectivity index (χ0v) is 19.2. The molecule has 32 heavy (non-hydrogen) atoms. The van der Waals surface area contributed by atoms with Crippen molar-refractivity contribution in [3.05, 3.63) is 42.5 Å². The normalized spacial score (nSPS) is 10.6. The fraction of sp³-hybridized carbons (Fsp3) is 0.348. The molecule has 0 radical (unpaired) electrons. The van der Waals surface area contributed by atoms with Gasteiger partial charge in [0.1, 0.15) is 0 Å². The Labute approximate surface area is 191 Å². The van der Waals surface area contributed by atoms with Gasteiger partial charge in [-0.2, -0.15) is 0 Å². The second-order valence-electron chi connectivity index (χ2n) is 6.47. The average Bonchev–Trinajstić information content (AvgIpc) is 3.25. The summed E-state index contributed by atoms with van der Waals surface area (Å²) in [7, 11) is 0. The van der Waals surface area contributed by atoms with Crippen LogP contribution in [0.25, 0.3) is 11.5 Å². The minimum absolute atomic E-state index is 0.0412. The number of carbonyl (C=O) groups is 1. The summed E-state index contributed by atoms with van der Waals surface area (Å²) >= 11 is 1.61. The summed E-state index contributed by atoms with van der Waals surface area (Å²) in [6.07, 6.45) is 0.323. The molecule has 0 aliphatic heterocycles. The van der Waals surface area contributed by atoms with Gasteiger partial charge < -0.3 is 18.6 Å². The van der Waals surface area contributed by atoms with E-state index >= 15 is 0 Å². The van der Waals surface area contributed by atoms with Gasteiger partial charge in [-0.15, -0.1) is 16.9 Å². The van der Waals surface area contributed by atoms with Crippen LogP contribution < -0.4 is 19.5 Å². The van der Waals surface area contributed by atoms with Gasteiger partial charge in [0.25, 0.3) is 0 Å². The van der Waals surface area contributed by atoms with E-state index in [1.165, 1.54) is 0 Å². The van der Waals surface area contributed by atoms with Crippen molar-refractivity contribution < 1.29 is 23.4 Å². The quantitative estimate of drug-likeness (QED) is 0.377.